The van der Waals surface area contributed by atoms with Crippen molar-refractivity contribution >= 4 is 93.0 Å². The Hall–Kier alpha value is -5.41. The molecule has 2 aromatic rings. The molecule has 71 heavy (non-hydrogen) atoms. The topological polar surface area (TPSA) is 182 Å². The molecule has 8 heterocycles. The van der Waals surface area contributed by atoms with Crippen molar-refractivity contribution in [3.05, 3.63) is 93.5 Å². The summed E-state index contributed by atoms with van der Waals surface area (Å²) < 4.78 is 13.0. The summed E-state index contributed by atoms with van der Waals surface area (Å²) in [7, 11) is 5.19. The summed E-state index contributed by atoms with van der Waals surface area (Å²) in [6.07, 6.45) is 21.5. The van der Waals surface area contributed by atoms with Gasteiger partial charge in [0.1, 0.15) is 10.0 Å². The van der Waals surface area contributed by atoms with E-state index < -0.39 is 12.2 Å². The lowest BCUT2D eigenvalue weighted by molar-refractivity contribution is -0.141. The number of aromatic nitrogens is 4. The Kier molecular flexibility index (Phi) is 14.3. The molecule has 376 valence electrons. The van der Waals surface area contributed by atoms with Crippen LogP contribution in [0.1, 0.15) is 57.6 Å². The average molecular weight is 1120 g/mol. The first-order valence-electron chi connectivity index (χ1n) is 24.6. The van der Waals surface area contributed by atoms with Crippen LogP contribution in [0.3, 0.4) is 0 Å². The maximum absolute atomic E-state index is 14.2. The number of nitrogens with one attached hydrogen (secondary N) is 2. The van der Waals surface area contributed by atoms with Gasteiger partial charge in [-0.15, -0.1) is 0 Å². The molecule has 2 N–H and O–H groups in total. The molecule has 0 bridgehead atoms. The molecule has 0 aromatic carbocycles. The second kappa shape index (κ2) is 20.6. The van der Waals surface area contributed by atoms with Crippen molar-refractivity contribution in [2.45, 2.75) is 86.6 Å². The highest BCUT2D eigenvalue weighted by molar-refractivity contribution is 14.1. The molecule has 0 saturated carbocycles. The molecule has 0 spiro atoms. The van der Waals surface area contributed by atoms with Gasteiger partial charge in [-0.05, 0) is 55.9 Å². The molecular weight excluding hydrogens is 1060 g/mol. The molecule has 18 nitrogen and oxygen atoms in total. The maximum atomic E-state index is 14.2. The molecule has 4 fully saturated rings. The fourth-order valence-electron chi connectivity index (χ4n) is 10.5. The minimum Gasteiger partial charge on any atom is -0.475 e. The summed E-state index contributed by atoms with van der Waals surface area (Å²) in [5.41, 5.74) is 1.94. The van der Waals surface area contributed by atoms with Gasteiger partial charge in [-0.2, -0.15) is 9.97 Å². The minimum atomic E-state index is -0.891. The molecule has 2 aromatic heterocycles. The number of amides is 4. The number of rotatable bonds is 13. The van der Waals surface area contributed by atoms with E-state index in [0.717, 1.165) is 64.0 Å². The number of alkyl halides is 1. The van der Waals surface area contributed by atoms with Crippen molar-refractivity contribution in [3.63, 3.8) is 0 Å². The summed E-state index contributed by atoms with van der Waals surface area (Å²) in [6.45, 7) is 6.58. The second-order valence-corrected chi connectivity index (χ2v) is 22.1. The van der Waals surface area contributed by atoms with Crippen LogP contribution in [0.15, 0.2) is 77.7 Å². The van der Waals surface area contributed by atoms with Crippen molar-refractivity contribution in [3.8, 4) is 0 Å². The Morgan fingerprint density at radius 2 is 1.23 bits per heavy atom. The van der Waals surface area contributed by atoms with E-state index in [9.17, 15) is 19.2 Å². The Labute approximate surface area is 437 Å². The Morgan fingerprint density at radius 3 is 1.82 bits per heavy atom. The van der Waals surface area contributed by atoms with E-state index in [0.29, 0.717) is 75.7 Å². The summed E-state index contributed by atoms with van der Waals surface area (Å²) in [6, 6.07) is -0.505. The Morgan fingerprint density at radius 1 is 0.676 bits per heavy atom. The van der Waals surface area contributed by atoms with Gasteiger partial charge in [-0.25, -0.2) is 9.97 Å². The SMILES string of the molecule is CCC1CCN(c2nc(CN3CC[C@@H](OC4=CC5C=C(Nc6nc(N7CCC(I)CC7)ncc6Cl)C=CC5N(C)C4=O)C3=O)c(Cl)c(NC3=CC4C=C(O[C@H]5CCN(C)C5=O)C(=O)N(C)C4C=C3)n2)CC1. The number of carbonyl (C=O) groups excluding carboxylic acids is 4. The van der Waals surface area contributed by atoms with E-state index >= 15 is 0 Å². The molecule has 4 amide bonds. The number of hydrogen-bond acceptors (Lipinski definition) is 14. The van der Waals surface area contributed by atoms with Gasteiger partial charge < -0.3 is 49.5 Å². The first-order chi connectivity index (χ1) is 34.2. The van der Waals surface area contributed by atoms with E-state index in [1.165, 1.54) is 0 Å². The number of carbonyl (C=O) groups is 4. The minimum absolute atomic E-state index is 0.0994. The monoisotopic (exact) mass is 1120 g/mol. The largest absolute Gasteiger partial charge is 0.475 e. The quantitative estimate of drug-likeness (QED) is 0.174. The zero-order valence-electron chi connectivity index (χ0n) is 40.3. The zero-order valence-corrected chi connectivity index (χ0v) is 43.9. The normalized spacial score (nSPS) is 27.1. The molecule has 4 saturated heterocycles. The highest BCUT2D eigenvalue weighted by Crippen LogP contribution is 2.37. The van der Waals surface area contributed by atoms with Crippen molar-refractivity contribution in [2.24, 2.45) is 17.8 Å². The summed E-state index contributed by atoms with van der Waals surface area (Å²) >= 11 is 16.3. The van der Waals surface area contributed by atoms with E-state index in [1.807, 2.05) is 36.5 Å². The molecule has 6 aliphatic heterocycles. The number of ether oxygens (including phenoxy) is 2. The smallest absolute Gasteiger partial charge is 0.288 e. The van der Waals surface area contributed by atoms with Crippen LogP contribution in [0.25, 0.3) is 0 Å². The lowest BCUT2D eigenvalue weighted by Crippen LogP contribution is -2.46. The Balaban J connectivity index is 0.849. The molecule has 10 rings (SSSR count). The molecule has 4 unspecified atom stereocenters. The van der Waals surface area contributed by atoms with Gasteiger partial charge in [0.05, 0.1) is 30.5 Å². The van der Waals surface area contributed by atoms with E-state index in [4.69, 9.17) is 47.6 Å². The number of likely N-dealkylation sites (N-methyl/N-ethyl adjacent to an activating group) is 3. The standard InChI is InChI=1S/C50H59Cl2IN12O6/c1-5-28-10-17-64(18-11-28)50-57-35(42(52)44(59-50)56-33-7-9-37-30(23-33)24-40(46(67)61(37)3)70-38-14-16-60(2)45(38)66)27-65-21-15-39(48(65)69)71-41-25-29-22-32(6-8-36(29)62(4)47(41)68)55-43-34(51)26-54-49(58-43)63-19-12-31(53)13-20-63/h6-9,22-26,28-31,36-39H,5,10-21,27H2,1-4H3,(H,54,55,58)(H,56,57,59)/t29?,30?,36?,37?,38-,39+/m0/s1. The highest BCUT2D eigenvalue weighted by Gasteiger charge is 2.42. The van der Waals surface area contributed by atoms with E-state index in [-0.39, 0.29) is 70.6 Å². The van der Waals surface area contributed by atoms with Gasteiger partial charge in [-0.1, -0.05) is 83.4 Å². The predicted octanol–water partition coefficient (Wildman–Crippen LogP) is 6.08. The predicted molar refractivity (Wildman–Crippen MR) is 279 cm³/mol. The van der Waals surface area contributed by atoms with Gasteiger partial charge in [-0.3, -0.25) is 19.2 Å². The molecule has 2 aliphatic carbocycles. The number of hydrogen-bond donors (Lipinski definition) is 2. The third kappa shape index (κ3) is 10.2. The molecule has 6 atom stereocenters. The van der Waals surface area contributed by atoms with Gasteiger partial charge >= 0.3 is 0 Å². The van der Waals surface area contributed by atoms with Crippen LogP contribution in [0, 0.1) is 17.8 Å². The van der Waals surface area contributed by atoms with Crippen molar-refractivity contribution in [1.82, 2.24) is 39.5 Å². The van der Waals surface area contributed by atoms with Crippen molar-refractivity contribution in [1.29, 1.82) is 0 Å². The summed E-state index contributed by atoms with van der Waals surface area (Å²) in [5.74, 6) is 1.41. The number of fused-ring (bicyclic) bond motifs is 2. The summed E-state index contributed by atoms with van der Waals surface area (Å²) in [5, 5.41) is 7.48. The number of nitrogens with zero attached hydrogens (tertiary/aromatic N) is 10. The lowest BCUT2D eigenvalue weighted by atomic mass is 9.89. The fraction of sp³-hybridized carbons (Fsp3) is 0.520. The van der Waals surface area contributed by atoms with Crippen LogP contribution in [0.5, 0.6) is 0 Å². The van der Waals surface area contributed by atoms with Crippen LogP contribution in [-0.4, -0.2) is 152 Å². The summed E-state index contributed by atoms with van der Waals surface area (Å²) in [4.78, 5) is 84.1. The number of piperidine rings is 2. The molecule has 0 radical (unpaired) electrons. The Bertz CT molecular complexity index is 2660. The van der Waals surface area contributed by atoms with Gasteiger partial charge in [0.25, 0.3) is 23.6 Å². The van der Waals surface area contributed by atoms with Crippen LogP contribution in [0.2, 0.25) is 10.0 Å². The third-order valence-corrected chi connectivity index (χ3v) is 16.9. The van der Waals surface area contributed by atoms with Crippen molar-refractivity contribution in [2.75, 3.05) is 80.8 Å². The van der Waals surface area contributed by atoms with Gasteiger partial charge in [0, 0.05) is 100 Å². The van der Waals surface area contributed by atoms with Crippen LogP contribution in [-0.2, 0) is 35.2 Å². The second-order valence-electron chi connectivity index (χ2n) is 19.6. The molecule has 8 aliphatic rings. The van der Waals surface area contributed by atoms with E-state index in [1.54, 1.807) is 59.1 Å². The van der Waals surface area contributed by atoms with Gasteiger partial charge in [0.2, 0.25) is 11.9 Å². The third-order valence-electron chi connectivity index (χ3n) is 15.0. The number of halogens is 3. The fourth-order valence-corrected chi connectivity index (χ4v) is 11.4. The maximum Gasteiger partial charge on any atom is 0.288 e. The highest BCUT2D eigenvalue weighted by atomic mass is 127. The van der Waals surface area contributed by atoms with Crippen LogP contribution < -0.4 is 20.4 Å². The first kappa shape index (κ1) is 49.2. The number of likely N-dealkylation sites (tertiary alicyclic amines) is 2. The van der Waals surface area contributed by atoms with Crippen LogP contribution >= 0.6 is 45.8 Å². The van der Waals surface area contributed by atoms with Gasteiger partial charge in [0.15, 0.2) is 35.4 Å². The zero-order chi connectivity index (χ0) is 49.7. The number of anilines is 4. The van der Waals surface area contributed by atoms with Crippen molar-refractivity contribution < 1.29 is 28.7 Å². The van der Waals surface area contributed by atoms with Crippen LogP contribution in [0.4, 0.5) is 23.5 Å². The number of allylic oxidation sites excluding steroid dienone is 2. The lowest BCUT2D eigenvalue weighted by Gasteiger charge is -2.37. The molecule has 21 heteroatoms. The molecular formula is C50H59Cl2IN12O6. The average Bonchev–Trinajstić information content (AvgIpc) is 3.88. The van der Waals surface area contributed by atoms with E-state index in [2.05, 4.69) is 54.9 Å². The first-order valence-corrected chi connectivity index (χ1v) is 26.6.